The van der Waals surface area contributed by atoms with Gasteiger partial charge >= 0.3 is 0 Å². The molecule has 0 bridgehead atoms. The summed E-state index contributed by atoms with van der Waals surface area (Å²) < 4.78 is 22.0. The first-order valence-electron chi connectivity index (χ1n) is 4.39. The maximum Gasteiger partial charge on any atom is 0.247 e. The first kappa shape index (κ1) is 10.5. The third kappa shape index (κ3) is 2.99. The lowest BCUT2D eigenvalue weighted by molar-refractivity contribution is 0.338. The second-order valence-corrected chi connectivity index (χ2v) is 6.18. The van der Waals surface area contributed by atoms with Crippen molar-refractivity contribution in [2.24, 2.45) is 10.5 Å². The average molecular weight is 204 g/mol. The number of hydrazone groups is 1. The lowest BCUT2D eigenvalue weighted by Gasteiger charge is -2.35. The normalized spacial score (nSPS) is 20.7. The fourth-order valence-electron chi connectivity index (χ4n) is 1.33. The van der Waals surface area contributed by atoms with Crippen LogP contribution in [-0.4, -0.2) is 19.9 Å². The fourth-order valence-corrected chi connectivity index (χ4v) is 1.73. The summed E-state index contributed by atoms with van der Waals surface area (Å²) in [5, 5.41) is 3.85. The molecule has 76 valence electrons. The molecule has 0 aromatic heterocycles. The van der Waals surface area contributed by atoms with Gasteiger partial charge in [0, 0.05) is 5.71 Å². The maximum absolute atomic E-state index is 11.0. The van der Waals surface area contributed by atoms with Crippen molar-refractivity contribution in [3.8, 4) is 0 Å². The topological polar surface area (TPSA) is 58.5 Å². The predicted molar refractivity (Wildman–Crippen MR) is 53.0 cm³/mol. The molecule has 5 heteroatoms. The number of rotatable bonds is 3. The van der Waals surface area contributed by atoms with Crippen molar-refractivity contribution in [1.29, 1.82) is 0 Å². The molecule has 0 amide bonds. The Kier molecular flexibility index (Phi) is 2.66. The molecule has 0 aromatic rings. The Labute approximate surface area is 79.5 Å². The van der Waals surface area contributed by atoms with Crippen molar-refractivity contribution in [2.45, 2.75) is 33.6 Å². The summed E-state index contributed by atoms with van der Waals surface area (Å²) in [5.74, 6) is 0.0766. The molecule has 0 radical (unpaired) electrons. The molecular weight excluding hydrogens is 188 g/mol. The average Bonchev–Trinajstić information content (AvgIpc) is 1.97. The standard InChI is InChI=1S/C8H16N2O2S/c1-4-13(11,12)10-9-7-5-8(2,3)6-7/h10H,4-6H2,1-3H3. The number of sulfonamides is 1. The second kappa shape index (κ2) is 3.29. The third-order valence-electron chi connectivity index (χ3n) is 2.09. The van der Waals surface area contributed by atoms with E-state index >= 15 is 0 Å². The van der Waals surface area contributed by atoms with Gasteiger partial charge in [0.05, 0.1) is 5.75 Å². The van der Waals surface area contributed by atoms with Crippen molar-refractivity contribution in [3.63, 3.8) is 0 Å². The molecule has 1 rings (SSSR count). The highest BCUT2D eigenvalue weighted by atomic mass is 32.2. The molecule has 0 atom stereocenters. The second-order valence-electron chi connectivity index (χ2n) is 4.19. The molecule has 0 saturated heterocycles. The van der Waals surface area contributed by atoms with E-state index in [-0.39, 0.29) is 5.75 Å². The van der Waals surface area contributed by atoms with Crippen LogP contribution in [0.25, 0.3) is 0 Å². The van der Waals surface area contributed by atoms with Gasteiger partial charge in [-0.2, -0.15) is 5.10 Å². The lowest BCUT2D eigenvalue weighted by atomic mass is 9.71. The Hall–Kier alpha value is -0.580. The fraction of sp³-hybridized carbons (Fsp3) is 0.875. The van der Waals surface area contributed by atoms with Crippen LogP contribution in [0.2, 0.25) is 0 Å². The van der Waals surface area contributed by atoms with Gasteiger partial charge in [0.25, 0.3) is 0 Å². The van der Waals surface area contributed by atoms with Crippen LogP contribution in [0.15, 0.2) is 5.10 Å². The largest absolute Gasteiger partial charge is 0.247 e. The molecule has 1 aliphatic rings. The van der Waals surface area contributed by atoms with Gasteiger partial charge in [0.2, 0.25) is 10.0 Å². The predicted octanol–water partition coefficient (Wildman–Crippen LogP) is 1.10. The van der Waals surface area contributed by atoms with E-state index in [1.54, 1.807) is 6.92 Å². The van der Waals surface area contributed by atoms with E-state index in [1.165, 1.54) is 0 Å². The quantitative estimate of drug-likeness (QED) is 0.700. The van der Waals surface area contributed by atoms with Crippen molar-refractivity contribution in [1.82, 2.24) is 4.83 Å². The molecule has 0 spiro atoms. The van der Waals surface area contributed by atoms with E-state index in [1.807, 2.05) is 0 Å². The Morgan fingerprint density at radius 3 is 2.38 bits per heavy atom. The van der Waals surface area contributed by atoms with Crippen molar-refractivity contribution >= 4 is 15.7 Å². The van der Waals surface area contributed by atoms with Gasteiger partial charge < -0.3 is 0 Å². The van der Waals surface area contributed by atoms with E-state index in [0.29, 0.717) is 5.41 Å². The van der Waals surface area contributed by atoms with Crippen LogP contribution in [0, 0.1) is 5.41 Å². The minimum Gasteiger partial charge on any atom is -0.205 e. The molecule has 1 aliphatic carbocycles. The van der Waals surface area contributed by atoms with E-state index in [9.17, 15) is 8.42 Å². The van der Waals surface area contributed by atoms with Crippen LogP contribution in [0.3, 0.4) is 0 Å². The highest BCUT2D eigenvalue weighted by molar-refractivity contribution is 7.89. The molecule has 13 heavy (non-hydrogen) atoms. The molecule has 4 nitrogen and oxygen atoms in total. The zero-order valence-electron chi connectivity index (χ0n) is 8.29. The molecule has 1 N–H and O–H groups in total. The van der Waals surface area contributed by atoms with Crippen LogP contribution in [-0.2, 0) is 10.0 Å². The molecule has 0 heterocycles. The maximum atomic E-state index is 11.0. The molecule has 1 fully saturated rings. The van der Waals surface area contributed by atoms with Crippen molar-refractivity contribution < 1.29 is 8.42 Å². The molecule has 0 unspecified atom stereocenters. The van der Waals surface area contributed by atoms with Gasteiger partial charge in [-0.1, -0.05) is 13.8 Å². The van der Waals surface area contributed by atoms with Crippen molar-refractivity contribution in [3.05, 3.63) is 0 Å². The Balaban J connectivity index is 2.45. The zero-order valence-corrected chi connectivity index (χ0v) is 9.11. The van der Waals surface area contributed by atoms with E-state index in [0.717, 1.165) is 18.6 Å². The smallest absolute Gasteiger partial charge is 0.205 e. The highest BCUT2D eigenvalue weighted by Crippen LogP contribution is 2.37. The van der Waals surface area contributed by atoms with Gasteiger partial charge in [-0.05, 0) is 25.2 Å². The minimum atomic E-state index is -3.17. The summed E-state index contributed by atoms with van der Waals surface area (Å²) in [6.07, 6.45) is 1.78. The van der Waals surface area contributed by atoms with Crippen LogP contribution >= 0.6 is 0 Å². The zero-order chi connectivity index (χ0) is 10.1. The van der Waals surface area contributed by atoms with E-state index in [4.69, 9.17) is 0 Å². The van der Waals surface area contributed by atoms with Crippen molar-refractivity contribution in [2.75, 3.05) is 5.75 Å². The van der Waals surface area contributed by atoms with Crippen LogP contribution < -0.4 is 4.83 Å². The Bertz CT molecular complexity index is 307. The summed E-state index contributed by atoms with van der Waals surface area (Å²) in [7, 11) is -3.17. The molecule has 1 saturated carbocycles. The van der Waals surface area contributed by atoms with Gasteiger partial charge in [-0.15, -0.1) is 0 Å². The summed E-state index contributed by atoms with van der Waals surface area (Å²) in [4.78, 5) is 2.21. The molecular formula is C8H16N2O2S. The Morgan fingerprint density at radius 2 is 2.00 bits per heavy atom. The first-order valence-corrected chi connectivity index (χ1v) is 6.05. The summed E-state index contributed by atoms with van der Waals surface area (Å²) in [5.41, 5.74) is 1.25. The van der Waals surface area contributed by atoms with Gasteiger partial charge in [0.15, 0.2) is 0 Å². The van der Waals surface area contributed by atoms with E-state index < -0.39 is 10.0 Å². The Morgan fingerprint density at radius 1 is 1.46 bits per heavy atom. The number of nitrogens with one attached hydrogen (secondary N) is 1. The van der Waals surface area contributed by atoms with Crippen LogP contribution in [0.1, 0.15) is 33.6 Å². The number of hydrogen-bond donors (Lipinski definition) is 1. The summed E-state index contributed by atoms with van der Waals surface area (Å²) in [6, 6.07) is 0. The summed E-state index contributed by atoms with van der Waals surface area (Å²) >= 11 is 0. The number of nitrogens with zero attached hydrogens (tertiary/aromatic N) is 1. The van der Waals surface area contributed by atoms with Gasteiger partial charge in [-0.25, -0.2) is 13.2 Å². The lowest BCUT2D eigenvalue weighted by Crippen LogP contribution is -2.34. The monoisotopic (exact) mass is 204 g/mol. The first-order chi connectivity index (χ1) is 5.85. The van der Waals surface area contributed by atoms with Gasteiger partial charge in [-0.3, -0.25) is 0 Å². The molecule has 0 aliphatic heterocycles. The van der Waals surface area contributed by atoms with Crippen LogP contribution in [0.5, 0.6) is 0 Å². The third-order valence-corrected chi connectivity index (χ3v) is 3.22. The summed E-state index contributed by atoms with van der Waals surface area (Å²) in [6.45, 7) is 5.87. The number of hydrogen-bond acceptors (Lipinski definition) is 3. The SMILES string of the molecule is CCS(=O)(=O)NN=C1CC(C)(C)C1. The van der Waals surface area contributed by atoms with Crippen LogP contribution in [0.4, 0.5) is 0 Å². The van der Waals surface area contributed by atoms with Gasteiger partial charge in [0.1, 0.15) is 0 Å². The molecule has 0 aromatic carbocycles. The van der Waals surface area contributed by atoms with E-state index in [2.05, 4.69) is 23.8 Å². The minimum absolute atomic E-state index is 0.0766. The highest BCUT2D eigenvalue weighted by Gasteiger charge is 2.32.